The van der Waals surface area contributed by atoms with E-state index in [0.717, 1.165) is 13.7 Å². The van der Waals surface area contributed by atoms with Crippen LogP contribution >= 0.6 is 22.8 Å². The van der Waals surface area contributed by atoms with Crippen molar-refractivity contribution in [3.8, 4) is 0 Å². The van der Waals surface area contributed by atoms with E-state index in [-0.39, 0.29) is 54.4 Å². The minimum absolute atomic E-state index is 0.0764. The fourth-order valence-electron chi connectivity index (χ4n) is 2.29. The van der Waals surface area contributed by atoms with E-state index in [1.54, 1.807) is 6.92 Å². The van der Waals surface area contributed by atoms with E-state index in [1.807, 2.05) is 20.8 Å². The summed E-state index contributed by atoms with van der Waals surface area (Å²) in [6.07, 6.45) is 2.03. The highest BCUT2D eigenvalue weighted by Crippen LogP contribution is 2.56. The van der Waals surface area contributed by atoms with Gasteiger partial charge in [-0.05, 0) is 33.1 Å². The van der Waals surface area contributed by atoms with E-state index in [4.69, 9.17) is 39.3 Å². The molecule has 3 unspecified atom stereocenters. The number of hydrogen-bond donors (Lipinski definition) is 6. The molecule has 0 radical (unpaired) electrons. The van der Waals surface area contributed by atoms with E-state index >= 15 is 0 Å². The van der Waals surface area contributed by atoms with Gasteiger partial charge >= 0.3 is 70.6 Å². The molecular formula is C43H75O28P3. The number of hydrogen-bond acceptors (Lipinski definition) is 24. The second-order valence-corrected chi connectivity index (χ2v) is 18.2. The molecule has 31 heteroatoms. The van der Waals surface area contributed by atoms with Gasteiger partial charge in [-0.25, -0.2) is 37.9 Å². The Morgan fingerprint density at radius 3 is 0.986 bits per heavy atom. The first-order valence-electron chi connectivity index (χ1n) is 20.4. The van der Waals surface area contributed by atoms with Gasteiger partial charge in [0.05, 0.1) is 105 Å². The van der Waals surface area contributed by atoms with Gasteiger partial charge in [-0.1, -0.05) is 64.8 Å². The Morgan fingerprint density at radius 1 is 0.608 bits per heavy atom. The van der Waals surface area contributed by atoms with E-state index in [9.17, 15) is 56.9 Å². The molecule has 74 heavy (non-hydrogen) atoms. The van der Waals surface area contributed by atoms with Gasteiger partial charge < -0.3 is 67.5 Å². The molecule has 1 fully saturated rings. The van der Waals surface area contributed by atoms with Crippen LogP contribution < -0.4 is 4.89 Å². The first-order chi connectivity index (χ1) is 33.8. The minimum atomic E-state index is -4.78. The summed E-state index contributed by atoms with van der Waals surface area (Å²) in [4.78, 5) is 123. The third-order valence-electron chi connectivity index (χ3n) is 6.36. The van der Waals surface area contributed by atoms with Crippen LogP contribution in [0.2, 0.25) is 0 Å². The second-order valence-electron chi connectivity index (χ2n) is 12.9. The van der Waals surface area contributed by atoms with Crippen LogP contribution in [0.5, 0.6) is 0 Å². The van der Waals surface area contributed by atoms with Gasteiger partial charge in [0.25, 0.3) is 0 Å². The fourth-order valence-corrected chi connectivity index (χ4v) is 2.62. The van der Waals surface area contributed by atoms with Crippen molar-refractivity contribution >= 4 is 70.6 Å². The Kier molecular flexibility index (Phi) is 60.4. The van der Waals surface area contributed by atoms with Crippen molar-refractivity contribution in [3.63, 3.8) is 0 Å². The molecule has 28 nitrogen and oxygen atoms in total. The Bertz CT molecular complexity index is 1710. The SMILES string of the molecule is C=C(CC)C(=O)OC.C=C(CC)C(=O)OC.C=C(CC)C(=O)OC.C=C(CO)C(=O)OC.C=C(COCC(C)O)C(=O)OC.C=C(COP(=O)(O)O)C(=O)OC.CC(=O)OC(C)=O.CC1CO1.O=[P+]([O-])P(=O)(O)O. The molecule has 0 aromatic heterocycles. The number of methoxy groups -OCH3 is 6. The van der Waals surface area contributed by atoms with Gasteiger partial charge in [0.15, 0.2) is 0 Å². The van der Waals surface area contributed by atoms with Gasteiger partial charge in [-0.3, -0.25) is 23.9 Å². The summed E-state index contributed by atoms with van der Waals surface area (Å²) in [5.74, 6) is -3.87. The van der Waals surface area contributed by atoms with Crippen molar-refractivity contribution in [2.24, 2.45) is 0 Å². The Morgan fingerprint density at radius 2 is 0.851 bits per heavy atom. The number of aliphatic hydroxyl groups is 2. The van der Waals surface area contributed by atoms with E-state index in [0.29, 0.717) is 42.1 Å². The van der Waals surface area contributed by atoms with Gasteiger partial charge in [0.2, 0.25) is 0 Å². The van der Waals surface area contributed by atoms with E-state index < -0.39 is 65.4 Å². The zero-order chi connectivity index (χ0) is 60.5. The number of esters is 8. The number of phosphoric ester groups is 1. The monoisotopic (exact) mass is 1130 g/mol. The van der Waals surface area contributed by atoms with Gasteiger partial charge in [-0.15, -0.1) is 0 Å². The third-order valence-corrected chi connectivity index (χ3v) is 8.53. The smallest absolute Gasteiger partial charge is 0.561 e. The summed E-state index contributed by atoms with van der Waals surface area (Å²) < 4.78 is 72.3. The van der Waals surface area contributed by atoms with Crippen molar-refractivity contribution in [3.05, 3.63) is 72.9 Å². The van der Waals surface area contributed by atoms with Crippen molar-refractivity contribution in [2.75, 3.05) is 75.7 Å². The number of carbonyl (C=O) groups excluding carboxylic acids is 8. The zero-order valence-corrected chi connectivity index (χ0v) is 46.7. The maximum atomic E-state index is 10.7. The Hall–Kier alpha value is -5.44. The maximum absolute atomic E-state index is 10.7. The molecule has 0 spiro atoms. The molecule has 1 rings (SSSR count). The van der Waals surface area contributed by atoms with Crippen LogP contribution in [0.15, 0.2) is 72.9 Å². The summed E-state index contributed by atoms with van der Waals surface area (Å²) in [6, 6.07) is 0. The lowest BCUT2D eigenvalue weighted by Crippen LogP contribution is -2.15. The van der Waals surface area contributed by atoms with E-state index in [2.05, 4.69) is 84.1 Å². The lowest BCUT2D eigenvalue weighted by Gasteiger charge is -2.06. The predicted octanol–water partition coefficient (Wildman–Crippen LogP) is 2.71. The number of epoxide rings is 1. The van der Waals surface area contributed by atoms with E-state index in [1.165, 1.54) is 49.4 Å². The maximum Gasteiger partial charge on any atom is 0.561 e. The zero-order valence-electron chi connectivity index (χ0n) is 44.1. The number of phosphoric acid groups is 1. The minimum Gasteiger partial charge on any atom is -0.588 e. The molecule has 0 aromatic rings. The molecule has 0 bridgehead atoms. The summed E-state index contributed by atoms with van der Waals surface area (Å²) in [5, 5.41) is 17.0. The molecule has 0 aliphatic carbocycles. The molecule has 6 N–H and O–H groups in total. The normalized spacial score (nSPS) is 11.5. The number of rotatable bonds is 18. The van der Waals surface area contributed by atoms with Crippen LogP contribution in [0.25, 0.3) is 0 Å². The number of aliphatic hydroxyl groups excluding tert-OH is 2. The van der Waals surface area contributed by atoms with Gasteiger partial charge in [0.1, 0.15) is 0 Å². The second kappa shape index (κ2) is 52.4. The molecular weight excluding hydrogens is 1060 g/mol. The van der Waals surface area contributed by atoms with Crippen LogP contribution in [0.1, 0.15) is 67.7 Å². The summed E-state index contributed by atoms with van der Waals surface area (Å²) in [5.41, 5.74) is 1.74. The molecule has 0 aromatic carbocycles. The van der Waals surface area contributed by atoms with Gasteiger partial charge in [-0.2, -0.15) is 0 Å². The molecule has 430 valence electrons. The van der Waals surface area contributed by atoms with Crippen LogP contribution in [-0.4, -0.2) is 165 Å². The molecule has 1 aliphatic heterocycles. The molecule has 1 aliphatic rings. The summed E-state index contributed by atoms with van der Waals surface area (Å²) in [7, 11) is -5.20. The fraction of sp³-hybridized carbons (Fsp3) is 0.535. The highest BCUT2D eigenvalue weighted by molar-refractivity contribution is 8.19. The summed E-state index contributed by atoms with van der Waals surface area (Å²) in [6.45, 7) is 32.2. The number of carbonyl (C=O) groups is 8. The average Bonchev–Trinajstić information content (AvgIpc) is 4.14. The van der Waals surface area contributed by atoms with Crippen LogP contribution in [0.4, 0.5) is 0 Å². The van der Waals surface area contributed by atoms with Crippen molar-refractivity contribution in [2.45, 2.75) is 79.9 Å². The van der Waals surface area contributed by atoms with Crippen LogP contribution in [0, 0.1) is 0 Å². The number of ether oxygens (including phenoxy) is 9. The quantitative estimate of drug-likeness (QED) is 0.0287. The molecule has 1 saturated heterocycles. The largest absolute Gasteiger partial charge is 0.588 e. The average molecular weight is 1130 g/mol. The first-order valence-corrected chi connectivity index (χ1v) is 25.5. The van der Waals surface area contributed by atoms with Crippen molar-refractivity contribution < 1.29 is 134 Å². The third kappa shape index (κ3) is 70.8. The van der Waals surface area contributed by atoms with Crippen molar-refractivity contribution in [1.29, 1.82) is 0 Å². The van der Waals surface area contributed by atoms with Crippen molar-refractivity contribution in [1.82, 2.24) is 0 Å². The molecule has 0 amide bonds. The van der Waals surface area contributed by atoms with Gasteiger partial charge in [0, 0.05) is 30.6 Å². The molecule has 1 heterocycles. The Labute approximate surface area is 432 Å². The molecule has 0 saturated carbocycles. The predicted molar refractivity (Wildman–Crippen MR) is 263 cm³/mol. The lowest BCUT2D eigenvalue weighted by atomic mass is 10.2. The topological polar surface area (TPSA) is 428 Å². The highest BCUT2D eigenvalue weighted by atomic mass is 32.1. The highest BCUT2D eigenvalue weighted by Gasteiger charge is 2.30. The van der Waals surface area contributed by atoms with Crippen LogP contribution in [-0.2, 0) is 99.2 Å². The summed E-state index contributed by atoms with van der Waals surface area (Å²) >= 11 is 0. The standard InChI is InChI=1S/C8H14O4.3C6H10O2.C5H9O6P.C5H8O3.C4H6O3.C3H6O.H2O5P2/c1-6(8(10)11-3)4-12-5-7(2)9;3*1-4-5(2)6(7)8-3;1-4(5(6)10-2)3-11-12(7,8)9;1-4(3-6)5(7)8-2;1-3(5)7-4(2)6;1-3-2-4-3;1-6(2)7(3,4)5/h7,9H,1,4-5H2,2-3H3;3*2,4H2,1,3H3;1,3H2,2H3,(H2,7,8,9);6H,1,3H2,2H3;1-2H3;3H,2H2,1H3;(H2,3,4,5). The molecule has 3 atom stereocenters. The first kappa shape index (κ1) is 85.3. The Balaban J connectivity index is -0.000000112. The van der Waals surface area contributed by atoms with Crippen LogP contribution in [0.3, 0.4) is 0 Å². The lowest BCUT2D eigenvalue weighted by molar-refractivity contribution is -0.160.